The first-order chi connectivity index (χ1) is 8.52. The highest BCUT2D eigenvalue weighted by Gasteiger charge is 2.09. The Labute approximate surface area is 108 Å². The number of aliphatic carboxylic acids is 1. The number of carbonyl (C=O) groups excluding carboxylic acids is 1. The van der Waals surface area contributed by atoms with Crippen LogP contribution in [-0.2, 0) is 14.3 Å². The number of ether oxygens (including phenoxy) is 2. The number of methoxy groups -OCH3 is 1. The third-order valence-electron chi connectivity index (χ3n) is 1.89. The molecule has 0 aliphatic heterocycles. The molecule has 0 atom stereocenters. The molecule has 1 rings (SSSR count). The second-order valence-electron chi connectivity index (χ2n) is 3.28. The van der Waals surface area contributed by atoms with Gasteiger partial charge < -0.3 is 19.9 Å². The van der Waals surface area contributed by atoms with Gasteiger partial charge in [-0.15, -0.1) is 0 Å². The first kappa shape index (κ1) is 14.3. The van der Waals surface area contributed by atoms with E-state index in [4.69, 9.17) is 21.4 Å². The Balaban J connectivity index is 2.58. The molecular formula is C11H12ClNO5. The quantitative estimate of drug-likeness (QED) is 0.818. The fourth-order valence-electron chi connectivity index (χ4n) is 1.20. The molecule has 0 saturated carbocycles. The summed E-state index contributed by atoms with van der Waals surface area (Å²) in [5.74, 6) is -1.18. The number of benzene rings is 1. The van der Waals surface area contributed by atoms with E-state index in [-0.39, 0.29) is 6.61 Å². The van der Waals surface area contributed by atoms with Gasteiger partial charge in [-0.3, -0.25) is 4.79 Å². The van der Waals surface area contributed by atoms with Crippen LogP contribution in [0.5, 0.6) is 5.75 Å². The predicted molar refractivity (Wildman–Crippen MR) is 65.1 cm³/mol. The number of hydrogen-bond acceptors (Lipinski definition) is 4. The van der Waals surface area contributed by atoms with Crippen molar-refractivity contribution in [2.45, 2.75) is 0 Å². The van der Waals surface area contributed by atoms with Crippen molar-refractivity contribution >= 4 is 29.2 Å². The molecule has 1 aromatic carbocycles. The minimum Gasteiger partial charge on any atom is -0.495 e. The summed E-state index contributed by atoms with van der Waals surface area (Å²) < 4.78 is 9.68. The zero-order valence-electron chi connectivity index (χ0n) is 9.60. The number of carboxylic acid groups (broad SMARTS) is 1. The van der Waals surface area contributed by atoms with E-state index in [1.165, 1.54) is 13.2 Å². The number of anilines is 1. The monoisotopic (exact) mass is 273 g/mol. The summed E-state index contributed by atoms with van der Waals surface area (Å²) in [5.41, 5.74) is 0.397. The molecule has 18 heavy (non-hydrogen) atoms. The Morgan fingerprint density at radius 3 is 2.72 bits per heavy atom. The lowest BCUT2D eigenvalue weighted by atomic mass is 10.3. The summed E-state index contributed by atoms with van der Waals surface area (Å²) in [6.07, 6.45) is 0. The van der Waals surface area contributed by atoms with Crippen molar-refractivity contribution in [3.05, 3.63) is 23.2 Å². The molecule has 0 heterocycles. The van der Waals surface area contributed by atoms with Crippen LogP contribution in [0, 0.1) is 0 Å². The maximum Gasteiger partial charge on any atom is 0.329 e. The van der Waals surface area contributed by atoms with E-state index in [0.717, 1.165) is 0 Å². The maximum absolute atomic E-state index is 11.4. The van der Waals surface area contributed by atoms with Gasteiger partial charge >= 0.3 is 5.97 Å². The molecule has 0 unspecified atom stereocenters. The van der Waals surface area contributed by atoms with Gasteiger partial charge in [0.1, 0.15) is 19.0 Å². The summed E-state index contributed by atoms with van der Waals surface area (Å²) in [4.78, 5) is 21.6. The van der Waals surface area contributed by atoms with Crippen LogP contribution >= 0.6 is 11.6 Å². The van der Waals surface area contributed by atoms with E-state index in [1.807, 2.05) is 0 Å². The molecule has 1 amide bonds. The zero-order valence-corrected chi connectivity index (χ0v) is 10.4. The second-order valence-corrected chi connectivity index (χ2v) is 3.72. The average molecular weight is 274 g/mol. The predicted octanol–water partition coefficient (Wildman–Crippen LogP) is 1.39. The third kappa shape index (κ3) is 4.60. The fraction of sp³-hybridized carbons (Fsp3) is 0.273. The number of carboxylic acids is 1. The highest BCUT2D eigenvalue weighted by atomic mass is 35.5. The second kappa shape index (κ2) is 6.83. The van der Waals surface area contributed by atoms with Crippen molar-refractivity contribution in [2.24, 2.45) is 0 Å². The van der Waals surface area contributed by atoms with E-state index >= 15 is 0 Å². The van der Waals surface area contributed by atoms with Gasteiger partial charge in [-0.25, -0.2) is 4.79 Å². The Kier molecular flexibility index (Phi) is 5.41. The number of amides is 1. The van der Waals surface area contributed by atoms with Crippen LogP contribution in [0.25, 0.3) is 0 Å². The van der Waals surface area contributed by atoms with Crippen molar-refractivity contribution in [1.29, 1.82) is 0 Å². The lowest BCUT2D eigenvalue weighted by Gasteiger charge is -2.10. The SMILES string of the molecule is COc1ccc(Cl)cc1NC(=O)COCC(=O)O. The van der Waals surface area contributed by atoms with Gasteiger partial charge in [0.2, 0.25) is 5.91 Å². The van der Waals surface area contributed by atoms with E-state index in [2.05, 4.69) is 10.1 Å². The van der Waals surface area contributed by atoms with Crippen LogP contribution in [-0.4, -0.2) is 37.3 Å². The van der Waals surface area contributed by atoms with Crippen LogP contribution in [0.3, 0.4) is 0 Å². The molecular weight excluding hydrogens is 262 g/mol. The number of rotatable bonds is 6. The summed E-state index contributed by atoms with van der Waals surface area (Å²) in [5, 5.41) is 11.3. The zero-order chi connectivity index (χ0) is 13.5. The first-order valence-corrected chi connectivity index (χ1v) is 5.33. The van der Waals surface area contributed by atoms with Gasteiger partial charge in [-0.1, -0.05) is 11.6 Å². The smallest absolute Gasteiger partial charge is 0.329 e. The van der Waals surface area contributed by atoms with Crippen molar-refractivity contribution in [2.75, 3.05) is 25.6 Å². The molecule has 2 N–H and O–H groups in total. The van der Waals surface area contributed by atoms with Crippen molar-refractivity contribution in [3.8, 4) is 5.75 Å². The van der Waals surface area contributed by atoms with Gasteiger partial charge in [0.05, 0.1) is 12.8 Å². The highest BCUT2D eigenvalue weighted by molar-refractivity contribution is 6.31. The molecule has 0 spiro atoms. The van der Waals surface area contributed by atoms with E-state index < -0.39 is 18.5 Å². The largest absolute Gasteiger partial charge is 0.495 e. The Hall–Kier alpha value is -1.79. The Morgan fingerprint density at radius 1 is 1.39 bits per heavy atom. The molecule has 0 aliphatic rings. The fourth-order valence-corrected chi connectivity index (χ4v) is 1.37. The van der Waals surface area contributed by atoms with Crippen LogP contribution in [0.1, 0.15) is 0 Å². The van der Waals surface area contributed by atoms with Gasteiger partial charge in [0, 0.05) is 5.02 Å². The molecule has 1 aromatic rings. The summed E-state index contributed by atoms with van der Waals surface area (Å²) >= 11 is 5.79. The van der Waals surface area contributed by atoms with Crippen molar-refractivity contribution in [1.82, 2.24) is 0 Å². The maximum atomic E-state index is 11.4. The van der Waals surface area contributed by atoms with Crippen molar-refractivity contribution < 1.29 is 24.2 Å². The summed E-state index contributed by atoms with van der Waals surface area (Å²) in [6.45, 7) is -0.887. The number of nitrogens with one attached hydrogen (secondary N) is 1. The van der Waals surface area contributed by atoms with Gasteiger partial charge in [0.15, 0.2) is 0 Å². The molecule has 0 saturated heterocycles. The van der Waals surface area contributed by atoms with Crippen molar-refractivity contribution in [3.63, 3.8) is 0 Å². The van der Waals surface area contributed by atoms with Gasteiger partial charge in [-0.2, -0.15) is 0 Å². The third-order valence-corrected chi connectivity index (χ3v) is 2.13. The van der Waals surface area contributed by atoms with Crippen LogP contribution in [0.4, 0.5) is 5.69 Å². The van der Waals surface area contributed by atoms with Crippen LogP contribution in [0.2, 0.25) is 5.02 Å². The van der Waals surface area contributed by atoms with E-state index in [9.17, 15) is 9.59 Å². The van der Waals surface area contributed by atoms with Crippen LogP contribution in [0.15, 0.2) is 18.2 Å². The van der Waals surface area contributed by atoms with E-state index in [0.29, 0.717) is 16.5 Å². The average Bonchev–Trinajstić information content (AvgIpc) is 2.28. The van der Waals surface area contributed by atoms with E-state index in [1.54, 1.807) is 12.1 Å². The summed E-state index contributed by atoms with van der Waals surface area (Å²) in [7, 11) is 1.46. The molecule has 0 aliphatic carbocycles. The molecule has 98 valence electrons. The first-order valence-electron chi connectivity index (χ1n) is 4.96. The van der Waals surface area contributed by atoms with Gasteiger partial charge in [-0.05, 0) is 18.2 Å². The Morgan fingerprint density at radius 2 is 2.11 bits per heavy atom. The number of carbonyl (C=O) groups is 2. The molecule has 6 nitrogen and oxygen atoms in total. The lowest BCUT2D eigenvalue weighted by molar-refractivity contribution is -0.143. The van der Waals surface area contributed by atoms with Crippen LogP contribution < -0.4 is 10.1 Å². The van der Waals surface area contributed by atoms with Gasteiger partial charge in [0.25, 0.3) is 0 Å². The molecule has 0 radical (unpaired) electrons. The standard InChI is InChI=1S/C11H12ClNO5/c1-17-9-3-2-7(12)4-8(9)13-10(14)5-18-6-11(15)16/h2-4H,5-6H2,1H3,(H,13,14)(H,15,16). The minimum absolute atomic E-state index is 0.359. The molecule has 7 heteroatoms. The number of hydrogen-bond donors (Lipinski definition) is 2. The summed E-state index contributed by atoms with van der Waals surface area (Å²) in [6, 6.07) is 4.75. The number of halogens is 1. The normalized spacial score (nSPS) is 9.89. The lowest BCUT2D eigenvalue weighted by Crippen LogP contribution is -2.21. The topological polar surface area (TPSA) is 84.9 Å². The Bertz CT molecular complexity index is 449. The molecule has 0 fully saturated rings. The molecule has 0 bridgehead atoms. The highest BCUT2D eigenvalue weighted by Crippen LogP contribution is 2.27. The molecule has 0 aromatic heterocycles. The minimum atomic E-state index is -1.14.